The highest BCUT2D eigenvalue weighted by atomic mass is 16.5. The second kappa shape index (κ2) is 4.33. The van der Waals surface area contributed by atoms with E-state index >= 15 is 0 Å². The molecule has 0 aromatic rings. The van der Waals surface area contributed by atoms with Crippen molar-refractivity contribution < 1.29 is 19.1 Å². The van der Waals surface area contributed by atoms with Gasteiger partial charge in [-0.2, -0.15) is 0 Å². The van der Waals surface area contributed by atoms with Crippen molar-refractivity contribution in [3.63, 3.8) is 0 Å². The number of rotatable bonds is 4. The lowest BCUT2D eigenvalue weighted by Crippen LogP contribution is -2.36. The number of hydrogen-bond acceptors (Lipinski definition) is 4. The molecular formula is C13H15NO4. The molecule has 2 N–H and O–H groups in total. The first-order chi connectivity index (χ1) is 8.50. The van der Waals surface area contributed by atoms with Crippen LogP contribution in [-0.2, 0) is 19.1 Å². The van der Waals surface area contributed by atoms with Gasteiger partial charge >= 0.3 is 5.97 Å². The zero-order valence-electron chi connectivity index (χ0n) is 10.1. The van der Waals surface area contributed by atoms with Gasteiger partial charge in [-0.3, -0.25) is 4.79 Å². The van der Waals surface area contributed by atoms with Gasteiger partial charge in [0.2, 0.25) is 5.91 Å². The van der Waals surface area contributed by atoms with Crippen LogP contribution < -0.4 is 5.73 Å². The highest BCUT2D eigenvalue weighted by Crippen LogP contribution is 2.52. The molecule has 1 amide bonds. The highest BCUT2D eigenvalue weighted by Gasteiger charge is 2.55. The zero-order chi connectivity index (χ0) is 13.3. The largest absolute Gasteiger partial charge is 0.489 e. The molecule has 1 fully saturated rings. The molecule has 2 aliphatic rings. The molecule has 2 rings (SSSR count). The second-order valence-electron chi connectivity index (χ2n) is 4.38. The molecule has 2 bridgehead atoms. The SMILES string of the molecule is C=CC(=O)OCC=C1OC2C=C(C)C1(C(N)=O)C2. The van der Waals surface area contributed by atoms with Crippen LogP contribution in [0.2, 0.25) is 0 Å². The fourth-order valence-electron chi connectivity index (χ4n) is 2.47. The summed E-state index contributed by atoms with van der Waals surface area (Å²) >= 11 is 0. The Hall–Kier alpha value is -2.04. The third-order valence-corrected chi connectivity index (χ3v) is 3.40. The first-order valence-corrected chi connectivity index (χ1v) is 5.66. The molecule has 0 spiro atoms. The summed E-state index contributed by atoms with van der Waals surface area (Å²) in [5, 5.41) is 0. The van der Waals surface area contributed by atoms with Gasteiger partial charge in [0, 0.05) is 12.5 Å². The molecule has 5 heteroatoms. The number of hydrogen-bond donors (Lipinski definition) is 1. The lowest BCUT2D eigenvalue weighted by molar-refractivity contribution is -0.136. The molecule has 1 aliphatic carbocycles. The number of ether oxygens (including phenoxy) is 2. The minimum Gasteiger partial charge on any atom is -0.489 e. The van der Waals surface area contributed by atoms with E-state index in [1.807, 2.05) is 13.0 Å². The van der Waals surface area contributed by atoms with Crippen LogP contribution >= 0.6 is 0 Å². The average Bonchev–Trinajstić information content (AvgIpc) is 2.83. The molecule has 0 aromatic heterocycles. The molecule has 2 atom stereocenters. The fraction of sp³-hybridized carbons (Fsp3) is 0.385. The average molecular weight is 249 g/mol. The minimum atomic E-state index is -0.856. The maximum absolute atomic E-state index is 11.7. The third-order valence-electron chi connectivity index (χ3n) is 3.40. The van der Waals surface area contributed by atoms with Crippen LogP contribution in [0.1, 0.15) is 13.3 Å². The molecule has 0 radical (unpaired) electrons. The van der Waals surface area contributed by atoms with Crippen molar-refractivity contribution in [2.45, 2.75) is 19.4 Å². The van der Waals surface area contributed by atoms with E-state index in [4.69, 9.17) is 15.2 Å². The summed E-state index contributed by atoms with van der Waals surface area (Å²) in [7, 11) is 0. The summed E-state index contributed by atoms with van der Waals surface area (Å²) in [4.78, 5) is 22.6. The van der Waals surface area contributed by atoms with Crippen LogP contribution in [0.15, 0.2) is 36.1 Å². The van der Waals surface area contributed by atoms with Gasteiger partial charge in [0.05, 0.1) is 0 Å². The summed E-state index contributed by atoms with van der Waals surface area (Å²) in [6.07, 6.45) is 4.99. The van der Waals surface area contributed by atoms with E-state index in [9.17, 15) is 9.59 Å². The Labute approximate surface area is 105 Å². The summed E-state index contributed by atoms with van der Waals surface area (Å²) in [5.41, 5.74) is 5.52. The van der Waals surface area contributed by atoms with Crippen molar-refractivity contribution in [1.29, 1.82) is 0 Å². The van der Waals surface area contributed by atoms with E-state index in [2.05, 4.69) is 6.58 Å². The number of carbonyl (C=O) groups excluding carboxylic acids is 2. The number of fused-ring (bicyclic) bond motifs is 2. The van der Waals surface area contributed by atoms with Crippen molar-refractivity contribution in [2.75, 3.05) is 6.61 Å². The lowest BCUT2D eigenvalue weighted by Gasteiger charge is -2.25. The zero-order valence-corrected chi connectivity index (χ0v) is 10.1. The van der Waals surface area contributed by atoms with Gasteiger partial charge in [0.25, 0.3) is 0 Å². The Morgan fingerprint density at radius 2 is 2.44 bits per heavy atom. The molecule has 0 saturated carbocycles. The Kier molecular flexibility index (Phi) is 2.98. The Morgan fingerprint density at radius 3 is 3.00 bits per heavy atom. The normalized spacial score (nSPS) is 30.8. The molecule has 1 aliphatic heterocycles. The van der Waals surface area contributed by atoms with Crippen molar-refractivity contribution >= 4 is 11.9 Å². The predicted molar refractivity (Wildman–Crippen MR) is 64.1 cm³/mol. The Morgan fingerprint density at radius 1 is 1.72 bits per heavy atom. The highest BCUT2D eigenvalue weighted by molar-refractivity contribution is 5.89. The Bertz CT molecular complexity index is 477. The van der Waals surface area contributed by atoms with Crippen molar-refractivity contribution in [1.82, 2.24) is 0 Å². The minimum absolute atomic E-state index is 0.0369. The molecular weight excluding hydrogens is 234 g/mol. The van der Waals surface area contributed by atoms with Gasteiger partial charge in [0.15, 0.2) is 0 Å². The third kappa shape index (κ3) is 1.72. The van der Waals surface area contributed by atoms with Gasteiger partial charge in [-0.1, -0.05) is 12.2 Å². The first kappa shape index (κ1) is 12.4. The summed E-state index contributed by atoms with van der Waals surface area (Å²) < 4.78 is 10.4. The van der Waals surface area contributed by atoms with Crippen molar-refractivity contribution in [3.05, 3.63) is 36.1 Å². The number of primary amides is 1. The fourth-order valence-corrected chi connectivity index (χ4v) is 2.47. The summed E-state index contributed by atoms with van der Waals surface area (Å²) in [6.45, 7) is 5.19. The smallest absolute Gasteiger partial charge is 0.330 e. The van der Waals surface area contributed by atoms with E-state index in [-0.39, 0.29) is 12.7 Å². The maximum atomic E-state index is 11.7. The van der Waals surface area contributed by atoms with Gasteiger partial charge in [-0.25, -0.2) is 4.79 Å². The first-order valence-electron chi connectivity index (χ1n) is 5.66. The van der Waals surface area contributed by atoms with Crippen LogP contribution in [0.4, 0.5) is 0 Å². The lowest BCUT2D eigenvalue weighted by atomic mass is 9.80. The van der Waals surface area contributed by atoms with E-state index in [1.54, 1.807) is 6.08 Å². The van der Waals surface area contributed by atoms with E-state index < -0.39 is 17.3 Å². The standard InChI is InChI=1S/C13H15NO4/c1-3-11(15)17-5-4-10-13(12(14)16)7-9(18-10)6-8(13)2/h3-4,6,9H,1,5,7H2,2H3,(H2,14,16). The topological polar surface area (TPSA) is 78.6 Å². The van der Waals surface area contributed by atoms with Crippen LogP contribution in [0.5, 0.6) is 0 Å². The van der Waals surface area contributed by atoms with Crippen molar-refractivity contribution in [2.24, 2.45) is 11.1 Å². The van der Waals surface area contributed by atoms with E-state index in [0.717, 1.165) is 11.6 Å². The second-order valence-corrected chi connectivity index (χ2v) is 4.38. The number of amides is 1. The van der Waals surface area contributed by atoms with E-state index in [1.165, 1.54) is 0 Å². The van der Waals surface area contributed by atoms with Crippen molar-refractivity contribution in [3.8, 4) is 0 Å². The quantitative estimate of drug-likeness (QED) is 0.454. The Balaban J connectivity index is 2.17. The number of esters is 1. The van der Waals surface area contributed by atoms with Crippen LogP contribution in [0.25, 0.3) is 0 Å². The van der Waals surface area contributed by atoms with Crippen LogP contribution in [0, 0.1) is 5.41 Å². The van der Waals surface area contributed by atoms with Gasteiger partial charge < -0.3 is 15.2 Å². The molecule has 2 unspecified atom stereocenters. The van der Waals surface area contributed by atoms with Crippen LogP contribution in [-0.4, -0.2) is 24.6 Å². The number of nitrogens with two attached hydrogens (primary N) is 1. The molecule has 0 aromatic carbocycles. The molecule has 1 saturated heterocycles. The van der Waals surface area contributed by atoms with E-state index in [0.29, 0.717) is 12.2 Å². The predicted octanol–water partition coefficient (Wildman–Crippen LogP) is 0.820. The summed E-state index contributed by atoms with van der Waals surface area (Å²) in [6, 6.07) is 0. The molecule has 18 heavy (non-hydrogen) atoms. The monoisotopic (exact) mass is 249 g/mol. The maximum Gasteiger partial charge on any atom is 0.330 e. The molecule has 5 nitrogen and oxygen atoms in total. The number of carbonyl (C=O) groups is 2. The molecule has 96 valence electrons. The molecule has 1 heterocycles. The summed E-state index contributed by atoms with van der Waals surface area (Å²) in [5.74, 6) is -0.468. The van der Waals surface area contributed by atoms with Gasteiger partial charge in [0.1, 0.15) is 23.9 Å². The van der Waals surface area contributed by atoms with Crippen LogP contribution in [0.3, 0.4) is 0 Å². The van der Waals surface area contributed by atoms with Gasteiger partial charge in [-0.05, 0) is 19.1 Å². The van der Waals surface area contributed by atoms with Gasteiger partial charge in [-0.15, -0.1) is 0 Å².